The van der Waals surface area contributed by atoms with Gasteiger partial charge in [0.15, 0.2) is 0 Å². The van der Waals surface area contributed by atoms with E-state index in [1.54, 1.807) is 11.3 Å². The van der Waals surface area contributed by atoms with Gasteiger partial charge in [-0.1, -0.05) is 0 Å². The maximum atomic E-state index is 12.7. The molecule has 2 bridgehead atoms. The van der Waals surface area contributed by atoms with E-state index in [1.807, 2.05) is 23.6 Å². The van der Waals surface area contributed by atoms with Crippen LogP contribution in [0.5, 0.6) is 0 Å². The van der Waals surface area contributed by atoms with Crippen LogP contribution >= 0.6 is 11.3 Å². The lowest BCUT2D eigenvalue weighted by molar-refractivity contribution is -0.122. The van der Waals surface area contributed by atoms with E-state index in [0.29, 0.717) is 11.5 Å². The lowest BCUT2D eigenvalue weighted by Gasteiger charge is -2.44. The van der Waals surface area contributed by atoms with Crippen molar-refractivity contribution < 1.29 is 14.7 Å². The predicted molar refractivity (Wildman–Crippen MR) is 109 cm³/mol. The van der Waals surface area contributed by atoms with Crippen molar-refractivity contribution in [2.24, 2.45) is 5.92 Å². The van der Waals surface area contributed by atoms with E-state index >= 15 is 0 Å². The summed E-state index contributed by atoms with van der Waals surface area (Å²) in [6.45, 7) is 3.11. The zero-order valence-electron chi connectivity index (χ0n) is 15.3. The highest BCUT2D eigenvalue weighted by Crippen LogP contribution is 2.29. The smallest absolute Gasteiger partial charge is 0.290 e. The number of amides is 1. The molecule has 3 aromatic rings. The topological polar surface area (TPSA) is 98.3 Å². The molecule has 3 N–H and O–H groups in total. The molecule has 6 rings (SSSR count). The third-order valence-corrected chi connectivity index (χ3v) is 6.28. The van der Waals surface area contributed by atoms with Crippen molar-refractivity contribution in [1.82, 2.24) is 20.4 Å². The van der Waals surface area contributed by atoms with Crippen molar-refractivity contribution in [3.05, 3.63) is 40.6 Å². The first-order valence-corrected chi connectivity index (χ1v) is 10.3. The Bertz CT molecular complexity index is 961. The first-order valence-electron chi connectivity index (χ1n) is 9.31. The highest BCUT2D eigenvalue weighted by Gasteiger charge is 2.34. The Hall–Kier alpha value is -2.71. The van der Waals surface area contributed by atoms with E-state index in [-0.39, 0.29) is 18.4 Å². The van der Waals surface area contributed by atoms with Gasteiger partial charge in [0.1, 0.15) is 5.69 Å². The number of nitrogens with zero attached hydrogens (tertiary/aromatic N) is 2. The number of benzene rings is 1. The fourth-order valence-electron chi connectivity index (χ4n) is 4.16. The summed E-state index contributed by atoms with van der Waals surface area (Å²) >= 11 is 1.66. The van der Waals surface area contributed by atoms with Crippen LogP contribution < -0.4 is 5.32 Å². The number of hydrogen-bond acceptors (Lipinski definition) is 5. The number of carbonyl (C=O) groups excluding carboxylic acids is 1. The fourth-order valence-corrected chi connectivity index (χ4v) is 4.80. The van der Waals surface area contributed by atoms with Crippen molar-refractivity contribution >= 4 is 34.6 Å². The van der Waals surface area contributed by atoms with Crippen LogP contribution in [0.2, 0.25) is 0 Å². The van der Waals surface area contributed by atoms with Gasteiger partial charge in [-0.3, -0.25) is 14.7 Å². The molecule has 0 unspecified atom stereocenters. The van der Waals surface area contributed by atoms with Crippen LogP contribution in [0.3, 0.4) is 0 Å². The molecule has 7 nitrogen and oxygen atoms in total. The number of rotatable bonds is 3. The van der Waals surface area contributed by atoms with Gasteiger partial charge in [0, 0.05) is 34.5 Å². The molecule has 2 aromatic heterocycles. The Balaban J connectivity index is 0.000000604. The van der Waals surface area contributed by atoms with E-state index in [2.05, 4.69) is 31.9 Å². The fraction of sp³-hybridized carbons (Fsp3) is 0.350. The number of nitrogens with one attached hydrogen (secondary N) is 2. The van der Waals surface area contributed by atoms with Crippen molar-refractivity contribution in [3.63, 3.8) is 0 Å². The Kier molecular flexibility index (Phi) is 5.40. The quantitative estimate of drug-likeness (QED) is 0.590. The van der Waals surface area contributed by atoms with Crippen LogP contribution in [0.4, 0.5) is 0 Å². The largest absolute Gasteiger partial charge is 0.483 e. The van der Waals surface area contributed by atoms with Gasteiger partial charge in [0.2, 0.25) is 0 Å². The number of carboxylic acid groups (broad SMARTS) is 1. The average molecular weight is 398 g/mol. The molecule has 0 aliphatic carbocycles. The molecule has 146 valence electrons. The Morgan fingerprint density at radius 2 is 2.11 bits per heavy atom. The predicted octanol–water partition coefficient (Wildman–Crippen LogP) is 2.82. The third-order valence-electron chi connectivity index (χ3n) is 5.59. The monoisotopic (exact) mass is 398 g/mol. The molecule has 5 heterocycles. The van der Waals surface area contributed by atoms with Crippen molar-refractivity contribution in [2.45, 2.75) is 18.9 Å². The Labute approximate surface area is 166 Å². The molecule has 28 heavy (non-hydrogen) atoms. The minimum absolute atomic E-state index is 0.0207. The third kappa shape index (κ3) is 3.65. The molecule has 0 radical (unpaired) electrons. The van der Waals surface area contributed by atoms with E-state index in [9.17, 15) is 4.79 Å². The van der Waals surface area contributed by atoms with Crippen LogP contribution in [0.1, 0.15) is 23.2 Å². The average Bonchev–Trinajstić information content (AvgIpc) is 3.38. The number of aromatic amines is 1. The van der Waals surface area contributed by atoms with Crippen LogP contribution in [0.15, 0.2) is 35.0 Å². The molecule has 1 aromatic carbocycles. The second-order valence-corrected chi connectivity index (χ2v) is 7.95. The van der Waals surface area contributed by atoms with Gasteiger partial charge >= 0.3 is 0 Å². The second-order valence-electron chi connectivity index (χ2n) is 7.17. The summed E-state index contributed by atoms with van der Waals surface area (Å²) in [5.41, 5.74) is 3.66. The Morgan fingerprint density at radius 1 is 1.32 bits per heavy atom. The number of hydrogen-bond donors (Lipinski definition) is 3. The highest BCUT2D eigenvalue weighted by molar-refractivity contribution is 7.08. The number of piperidine rings is 3. The molecule has 1 atom stereocenters. The molecular weight excluding hydrogens is 376 g/mol. The van der Waals surface area contributed by atoms with Gasteiger partial charge in [-0.05, 0) is 61.5 Å². The van der Waals surface area contributed by atoms with Crippen molar-refractivity contribution in [1.29, 1.82) is 0 Å². The van der Waals surface area contributed by atoms with Crippen LogP contribution in [-0.4, -0.2) is 58.3 Å². The molecule has 3 saturated heterocycles. The van der Waals surface area contributed by atoms with Gasteiger partial charge in [0.05, 0.1) is 5.52 Å². The number of fused-ring (bicyclic) bond motifs is 4. The van der Waals surface area contributed by atoms with Crippen molar-refractivity contribution in [2.75, 3.05) is 19.6 Å². The molecule has 1 amide bonds. The Morgan fingerprint density at radius 3 is 2.75 bits per heavy atom. The molecule has 3 aliphatic heterocycles. The maximum Gasteiger partial charge on any atom is 0.290 e. The summed E-state index contributed by atoms with van der Waals surface area (Å²) in [7, 11) is 0. The lowest BCUT2D eigenvalue weighted by Crippen LogP contribution is -2.57. The summed E-state index contributed by atoms with van der Waals surface area (Å²) in [5, 5.41) is 22.8. The zero-order chi connectivity index (χ0) is 19.5. The molecule has 0 spiro atoms. The molecule has 3 aliphatic rings. The number of aromatic nitrogens is 2. The summed E-state index contributed by atoms with van der Waals surface area (Å²) in [6, 6.07) is 8.17. The summed E-state index contributed by atoms with van der Waals surface area (Å²) in [6.07, 6.45) is 2.41. The first kappa shape index (κ1) is 18.6. The van der Waals surface area contributed by atoms with Crippen molar-refractivity contribution in [3.8, 4) is 11.3 Å². The van der Waals surface area contributed by atoms with E-state index in [0.717, 1.165) is 28.7 Å². The zero-order valence-corrected chi connectivity index (χ0v) is 16.1. The first-order chi connectivity index (χ1) is 13.7. The number of H-pyrrole nitrogens is 1. The molecule has 8 heteroatoms. The van der Waals surface area contributed by atoms with Crippen LogP contribution in [-0.2, 0) is 4.79 Å². The SMILES string of the molecule is O=C(N[C@H]1CN2CCC1CC2)c1ccc2c(-c3ccsc3)n[nH]c2c1.O=CO. The maximum absolute atomic E-state index is 12.7. The minimum atomic E-state index is -0.250. The van der Waals surface area contributed by atoms with Crippen LogP contribution in [0, 0.1) is 5.92 Å². The molecule has 0 saturated carbocycles. The van der Waals surface area contributed by atoms with Gasteiger partial charge in [-0.25, -0.2) is 0 Å². The molecule has 3 fully saturated rings. The standard InChI is InChI=1S/C19H20N4OS.CH2O2/c24-19(20-17-10-23-6-3-12(17)4-7-23)13-1-2-15-16(9-13)21-22-18(15)14-5-8-25-11-14;2-1-3/h1-2,5,8-9,11-12,17H,3-4,6-7,10H2,(H,20,24)(H,21,22);1H,(H,2,3)/t17-;/m0./s1. The highest BCUT2D eigenvalue weighted by atomic mass is 32.1. The lowest BCUT2D eigenvalue weighted by atomic mass is 9.84. The van der Waals surface area contributed by atoms with Gasteiger partial charge in [0.25, 0.3) is 12.4 Å². The van der Waals surface area contributed by atoms with Gasteiger partial charge in [-0.2, -0.15) is 16.4 Å². The summed E-state index contributed by atoms with van der Waals surface area (Å²) in [4.78, 5) is 23.5. The summed E-state index contributed by atoms with van der Waals surface area (Å²) in [5.74, 6) is 0.655. The van der Waals surface area contributed by atoms with Gasteiger partial charge < -0.3 is 15.3 Å². The van der Waals surface area contributed by atoms with E-state index in [4.69, 9.17) is 9.90 Å². The number of thiophene rings is 1. The second kappa shape index (κ2) is 8.12. The van der Waals surface area contributed by atoms with E-state index in [1.165, 1.54) is 25.9 Å². The molecular formula is C20H22N4O3S. The normalized spacial score (nSPS) is 23.1. The summed E-state index contributed by atoms with van der Waals surface area (Å²) < 4.78 is 0. The van der Waals surface area contributed by atoms with E-state index < -0.39 is 0 Å². The minimum Gasteiger partial charge on any atom is -0.483 e. The number of carbonyl (C=O) groups is 2. The van der Waals surface area contributed by atoms with Crippen LogP contribution in [0.25, 0.3) is 22.2 Å². The van der Waals surface area contributed by atoms with Gasteiger partial charge in [-0.15, -0.1) is 0 Å².